The summed E-state index contributed by atoms with van der Waals surface area (Å²) in [7, 11) is 1.26. The first-order chi connectivity index (χ1) is 17.2. The summed E-state index contributed by atoms with van der Waals surface area (Å²) in [6, 6.07) is -0.861. The minimum Gasteiger partial charge on any atom is -0.481 e. The molecule has 0 aromatic carbocycles. The number of nitrogens with zero attached hydrogens (tertiary/aromatic N) is 5. The van der Waals surface area contributed by atoms with Gasteiger partial charge in [-0.1, -0.05) is 39.6 Å². The molecule has 0 aliphatic carbocycles. The maximum absolute atomic E-state index is 13.0. The van der Waals surface area contributed by atoms with Gasteiger partial charge in [0.15, 0.2) is 15.2 Å². The van der Waals surface area contributed by atoms with Gasteiger partial charge in [0.2, 0.25) is 12.3 Å². The van der Waals surface area contributed by atoms with Crippen LogP contribution in [0.15, 0.2) is 13.3 Å². The first-order valence-electron chi connectivity index (χ1n) is 10.1. The van der Waals surface area contributed by atoms with Crippen molar-refractivity contribution >= 4 is 97.2 Å². The van der Waals surface area contributed by atoms with E-state index >= 15 is 0 Å². The zero-order valence-electron chi connectivity index (χ0n) is 18.6. The number of carbonyl (C=O) groups is 4. The fourth-order valence-electron chi connectivity index (χ4n) is 3.50. The Bertz CT molecular complexity index is 1240. The Kier molecular flexibility index (Phi) is 8.18. The summed E-state index contributed by atoms with van der Waals surface area (Å²) in [5.41, 5.74) is -1.21. The SMILES string of the molecule is CON=C(C(=O)NC1C(=O)N2CC(CSc3nnc(C)s3)(C(=O)O)CS[C@H]12)c1nc(NC=O)sc1Br. The molecule has 192 valence electrons. The van der Waals surface area contributed by atoms with E-state index in [1.54, 1.807) is 0 Å². The van der Waals surface area contributed by atoms with Gasteiger partial charge < -0.3 is 25.5 Å². The summed E-state index contributed by atoms with van der Waals surface area (Å²) in [5, 5.41) is 27.4. The third-order valence-corrected chi connectivity index (χ3v) is 10.7. The van der Waals surface area contributed by atoms with Crippen molar-refractivity contribution in [2.75, 3.05) is 30.5 Å². The number of fused-ring (bicyclic) bond motifs is 1. The van der Waals surface area contributed by atoms with Crippen molar-refractivity contribution in [3.05, 3.63) is 14.5 Å². The molecular formula is C18H18BrN7O6S4. The number of carboxylic acids is 1. The van der Waals surface area contributed by atoms with Crippen molar-refractivity contribution in [2.45, 2.75) is 22.7 Å². The third-order valence-electron chi connectivity index (χ3n) is 5.25. The number of β-lactam (4-membered cyclic amide) rings is 1. The van der Waals surface area contributed by atoms with Crippen LogP contribution >= 0.6 is 62.1 Å². The Morgan fingerprint density at radius 2 is 2.19 bits per heavy atom. The predicted octanol–water partition coefficient (Wildman–Crippen LogP) is 1.25. The highest BCUT2D eigenvalue weighted by Crippen LogP contribution is 2.44. The summed E-state index contributed by atoms with van der Waals surface area (Å²) in [5.74, 6) is -1.59. The van der Waals surface area contributed by atoms with E-state index in [1.165, 1.54) is 46.9 Å². The van der Waals surface area contributed by atoms with Crippen molar-refractivity contribution < 1.29 is 29.1 Å². The lowest BCUT2D eigenvalue weighted by molar-refractivity contribution is -0.157. The van der Waals surface area contributed by atoms with E-state index < -0.39 is 28.7 Å². The van der Waals surface area contributed by atoms with Crippen LogP contribution in [0.3, 0.4) is 0 Å². The van der Waals surface area contributed by atoms with Crippen LogP contribution in [-0.2, 0) is 24.0 Å². The molecule has 2 aromatic rings. The molecule has 0 bridgehead atoms. The van der Waals surface area contributed by atoms with Crippen LogP contribution in [0.25, 0.3) is 0 Å². The van der Waals surface area contributed by atoms with Crippen LogP contribution in [0.4, 0.5) is 5.13 Å². The van der Waals surface area contributed by atoms with E-state index in [-0.39, 0.29) is 40.5 Å². The lowest BCUT2D eigenvalue weighted by Crippen LogP contribution is -2.74. The molecule has 2 fully saturated rings. The molecule has 2 aliphatic rings. The molecule has 2 aromatic heterocycles. The number of anilines is 1. The number of carbonyl (C=O) groups excluding carboxylic acids is 3. The van der Waals surface area contributed by atoms with Crippen LogP contribution in [0.5, 0.6) is 0 Å². The maximum Gasteiger partial charge on any atom is 0.313 e. The number of aliphatic carboxylic acids is 1. The highest BCUT2D eigenvalue weighted by molar-refractivity contribution is 9.11. The van der Waals surface area contributed by atoms with Gasteiger partial charge in [-0.05, 0) is 22.9 Å². The molecule has 3 amide bonds. The van der Waals surface area contributed by atoms with Gasteiger partial charge in [0.1, 0.15) is 38.4 Å². The Morgan fingerprint density at radius 3 is 2.83 bits per heavy atom. The monoisotopic (exact) mass is 635 g/mol. The average Bonchev–Trinajstić information content (AvgIpc) is 3.43. The number of hydrogen-bond acceptors (Lipinski definition) is 13. The molecule has 0 radical (unpaired) electrons. The number of rotatable bonds is 10. The zero-order chi connectivity index (χ0) is 26.0. The molecule has 3 atom stereocenters. The first kappa shape index (κ1) is 26.8. The normalized spacial score (nSPS) is 23.5. The Labute approximate surface area is 229 Å². The molecular weight excluding hydrogens is 618 g/mol. The number of halogens is 1. The van der Waals surface area contributed by atoms with Crippen LogP contribution < -0.4 is 10.6 Å². The van der Waals surface area contributed by atoms with Gasteiger partial charge in [0, 0.05) is 18.1 Å². The summed E-state index contributed by atoms with van der Waals surface area (Å²) in [6.07, 6.45) is 0.453. The standard InChI is InChI=1S/C18H18BrN7O6S4/c1-7-23-24-17(35-7)34-5-18(15(30)31)3-26-13(29)10(14(26)33-4-18)21-12(28)9(25-32-2)8-11(19)36-16(22-8)20-6-27/h6,10,14H,3-5H2,1-2H3,(H,21,28)(H,30,31)(H,20,22,27)/t10?,14-,18?/m1/s1. The molecule has 13 nitrogen and oxygen atoms in total. The fraction of sp³-hybridized carbons (Fsp3) is 0.444. The molecule has 2 unspecified atom stereocenters. The number of hydrogen-bond donors (Lipinski definition) is 3. The maximum atomic E-state index is 13.0. The second-order valence-electron chi connectivity index (χ2n) is 7.61. The molecule has 4 rings (SSSR count). The Morgan fingerprint density at radius 1 is 1.42 bits per heavy atom. The smallest absolute Gasteiger partial charge is 0.313 e. The number of thiazole rings is 1. The molecule has 2 saturated heterocycles. The molecule has 4 heterocycles. The van der Waals surface area contributed by atoms with E-state index in [0.717, 1.165) is 16.3 Å². The minimum atomic E-state index is -1.16. The van der Waals surface area contributed by atoms with Crippen LogP contribution in [0.2, 0.25) is 0 Å². The summed E-state index contributed by atoms with van der Waals surface area (Å²) in [6.45, 7) is 1.84. The van der Waals surface area contributed by atoms with E-state index in [2.05, 4.69) is 46.9 Å². The van der Waals surface area contributed by atoms with E-state index in [1.807, 2.05) is 6.92 Å². The number of aryl methyl sites for hydroxylation is 1. The largest absolute Gasteiger partial charge is 0.481 e. The van der Waals surface area contributed by atoms with Crippen LogP contribution in [0.1, 0.15) is 10.7 Å². The first-order valence-corrected chi connectivity index (χ1v) is 14.5. The fourth-order valence-corrected chi connectivity index (χ4v) is 8.56. The van der Waals surface area contributed by atoms with Gasteiger partial charge in [-0.25, -0.2) is 4.98 Å². The number of nitrogens with one attached hydrogen (secondary N) is 2. The van der Waals surface area contributed by atoms with Gasteiger partial charge in [-0.2, -0.15) is 0 Å². The van der Waals surface area contributed by atoms with Crippen LogP contribution in [-0.4, -0.2) is 91.7 Å². The molecule has 36 heavy (non-hydrogen) atoms. The molecule has 3 N–H and O–H groups in total. The second-order valence-corrected chi connectivity index (χ2v) is 13.4. The summed E-state index contributed by atoms with van der Waals surface area (Å²) >= 11 is 8.35. The lowest BCUT2D eigenvalue weighted by Gasteiger charge is -2.53. The quantitative estimate of drug-likeness (QED) is 0.113. The molecule has 0 spiro atoms. The average molecular weight is 637 g/mol. The predicted molar refractivity (Wildman–Crippen MR) is 138 cm³/mol. The molecule has 0 saturated carbocycles. The van der Waals surface area contributed by atoms with Crippen molar-refractivity contribution in [3.63, 3.8) is 0 Å². The number of thioether (sulfide) groups is 2. The Balaban J connectivity index is 1.44. The molecule has 2 aliphatic heterocycles. The van der Waals surface area contributed by atoms with Crippen molar-refractivity contribution in [2.24, 2.45) is 10.6 Å². The van der Waals surface area contributed by atoms with Crippen LogP contribution in [0, 0.1) is 12.3 Å². The topological polar surface area (TPSA) is 176 Å². The van der Waals surface area contributed by atoms with E-state index in [0.29, 0.717) is 14.5 Å². The van der Waals surface area contributed by atoms with Crippen molar-refractivity contribution in [1.82, 2.24) is 25.4 Å². The summed E-state index contributed by atoms with van der Waals surface area (Å²) < 4.78 is 1.10. The van der Waals surface area contributed by atoms with Crippen molar-refractivity contribution in [1.29, 1.82) is 0 Å². The van der Waals surface area contributed by atoms with Gasteiger partial charge in [-0.15, -0.1) is 22.0 Å². The van der Waals surface area contributed by atoms with E-state index in [4.69, 9.17) is 4.84 Å². The number of oxime groups is 1. The molecule has 18 heteroatoms. The lowest BCUT2D eigenvalue weighted by atomic mass is 9.89. The van der Waals surface area contributed by atoms with E-state index in [9.17, 15) is 24.3 Å². The Hall–Kier alpha value is -2.28. The van der Waals surface area contributed by atoms with Gasteiger partial charge >= 0.3 is 5.97 Å². The number of aromatic nitrogens is 3. The number of amides is 3. The number of carboxylic acid groups (broad SMARTS) is 1. The minimum absolute atomic E-state index is 0.0212. The second kappa shape index (κ2) is 11.0. The van der Waals surface area contributed by atoms with Gasteiger partial charge in [0.05, 0.1) is 0 Å². The van der Waals surface area contributed by atoms with Gasteiger partial charge in [0.25, 0.3) is 5.91 Å². The third kappa shape index (κ3) is 5.22. The van der Waals surface area contributed by atoms with Gasteiger partial charge in [-0.3, -0.25) is 19.2 Å². The highest BCUT2D eigenvalue weighted by Gasteiger charge is 2.57. The van der Waals surface area contributed by atoms with Crippen molar-refractivity contribution in [3.8, 4) is 0 Å². The zero-order valence-corrected chi connectivity index (χ0v) is 23.4. The summed E-state index contributed by atoms with van der Waals surface area (Å²) in [4.78, 5) is 59.3. The highest BCUT2D eigenvalue weighted by atomic mass is 79.9.